The number of nitrogens with one attached hydrogen (secondary N) is 1. The lowest BCUT2D eigenvalue weighted by Gasteiger charge is -2.08. The van der Waals surface area contributed by atoms with Crippen molar-refractivity contribution in [2.75, 3.05) is 0 Å². The van der Waals surface area contributed by atoms with E-state index >= 15 is 0 Å². The number of aliphatic hydroxyl groups is 1. The zero-order valence-corrected chi connectivity index (χ0v) is 13.9. The fourth-order valence-corrected chi connectivity index (χ4v) is 3.31. The minimum atomic E-state index is -1.06. The molecule has 0 radical (unpaired) electrons. The predicted octanol–water partition coefficient (Wildman–Crippen LogP) is 4.04. The number of rotatable bonds is 5. The van der Waals surface area contributed by atoms with Crippen LogP contribution in [0.4, 0.5) is 8.78 Å². The molecule has 0 fully saturated rings. The van der Waals surface area contributed by atoms with Crippen molar-refractivity contribution >= 4 is 17.2 Å². The van der Waals surface area contributed by atoms with Crippen LogP contribution in [0.3, 0.4) is 0 Å². The first-order chi connectivity index (χ1) is 12.0. The molecule has 0 aliphatic rings. The summed E-state index contributed by atoms with van der Waals surface area (Å²) in [4.78, 5) is 13.6. The molecule has 1 amide bonds. The summed E-state index contributed by atoms with van der Waals surface area (Å²) < 4.78 is 26.1. The van der Waals surface area contributed by atoms with Crippen LogP contribution in [0.2, 0.25) is 0 Å². The maximum Gasteiger partial charge on any atom is 0.251 e. The average Bonchev–Trinajstić information content (AvgIpc) is 3.11. The van der Waals surface area contributed by atoms with E-state index in [0.717, 1.165) is 27.5 Å². The van der Waals surface area contributed by atoms with Gasteiger partial charge in [0.05, 0.1) is 6.54 Å². The monoisotopic (exact) mass is 359 g/mol. The van der Waals surface area contributed by atoms with Crippen LogP contribution in [-0.4, -0.2) is 11.0 Å². The van der Waals surface area contributed by atoms with Gasteiger partial charge in [0.1, 0.15) is 6.10 Å². The van der Waals surface area contributed by atoms with E-state index < -0.39 is 23.6 Å². The van der Waals surface area contributed by atoms with Crippen molar-refractivity contribution in [1.82, 2.24) is 5.32 Å². The molecule has 0 aliphatic carbocycles. The first kappa shape index (κ1) is 17.3. The van der Waals surface area contributed by atoms with Crippen molar-refractivity contribution in [3.8, 4) is 0 Å². The van der Waals surface area contributed by atoms with Gasteiger partial charge in [-0.1, -0.05) is 30.3 Å². The number of amides is 1. The molecule has 0 spiro atoms. The molecule has 1 heterocycles. The Bertz CT molecular complexity index is 880. The Morgan fingerprint density at radius 2 is 1.80 bits per heavy atom. The fraction of sp³-hybridized carbons (Fsp3) is 0.105. The molecular formula is C19H15F2NO2S. The van der Waals surface area contributed by atoms with E-state index in [-0.39, 0.29) is 12.1 Å². The Morgan fingerprint density at radius 1 is 1.04 bits per heavy atom. The number of thiophene rings is 1. The number of hydrogen-bond donors (Lipinski definition) is 2. The number of carbonyl (C=O) groups excluding carboxylic acids is 1. The highest BCUT2D eigenvalue weighted by Gasteiger charge is 2.14. The second-order valence-corrected chi connectivity index (χ2v) is 6.63. The van der Waals surface area contributed by atoms with E-state index in [1.165, 1.54) is 17.4 Å². The molecule has 0 bridgehead atoms. The van der Waals surface area contributed by atoms with Crippen molar-refractivity contribution in [1.29, 1.82) is 0 Å². The highest BCUT2D eigenvalue weighted by molar-refractivity contribution is 7.12. The average molecular weight is 359 g/mol. The van der Waals surface area contributed by atoms with E-state index in [9.17, 15) is 18.7 Å². The van der Waals surface area contributed by atoms with E-state index in [1.54, 1.807) is 6.07 Å². The minimum absolute atomic E-state index is 0.0556. The van der Waals surface area contributed by atoms with E-state index in [2.05, 4.69) is 5.32 Å². The minimum Gasteiger partial charge on any atom is -0.383 e. The van der Waals surface area contributed by atoms with Gasteiger partial charge in [-0.15, -0.1) is 11.3 Å². The Balaban J connectivity index is 1.63. The summed E-state index contributed by atoms with van der Waals surface area (Å²) in [5, 5.41) is 13.0. The molecule has 3 rings (SSSR count). The molecule has 128 valence electrons. The van der Waals surface area contributed by atoms with Crippen molar-refractivity contribution < 1.29 is 18.7 Å². The summed E-state index contributed by atoms with van der Waals surface area (Å²) in [6.07, 6.45) is -0.721. The Labute approximate surface area is 147 Å². The van der Waals surface area contributed by atoms with Crippen molar-refractivity contribution in [2.45, 2.75) is 12.6 Å². The van der Waals surface area contributed by atoms with Gasteiger partial charge >= 0.3 is 0 Å². The normalized spacial score (nSPS) is 12.0. The molecule has 6 heteroatoms. The summed E-state index contributed by atoms with van der Waals surface area (Å²) in [7, 11) is 0. The van der Waals surface area contributed by atoms with Crippen LogP contribution >= 0.6 is 11.3 Å². The molecule has 2 aromatic carbocycles. The molecule has 0 saturated heterocycles. The number of benzene rings is 2. The third-order valence-corrected chi connectivity index (χ3v) is 4.81. The lowest BCUT2D eigenvalue weighted by atomic mass is 10.1. The third kappa shape index (κ3) is 4.10. The smallest absolute Gasteiger partial charge is 0.251 e. The quantitative estimate of drug-likeness (QED) is 0.722. The second-order valence-electron chi connectivity index (χ2n) is 5.43. The summed E-state index contributed by atoms with van der Waals surface area (Å²) in [5.41, 5.74) is 0.849. The topological polar surface area (TPSA) is 49.3 Å². The lowest BCUT2D eigenvalue weighted by molar-refractivity contribution is 0.0950. The van der Waals surface area contributed by atoms with Crippen LogP contribution in [-0.2, 0) is 6.54 Å². The van der Waals surface area contributed by atoms with E-state index in [4.69, 9.17) is 0 Å². The molecule has 25 heavy (non-hydrogen) atoms. The lowest BCUT2D eigenvalue weighted by Crippen LogP contribution is -2.22. The zero-order chi connectivity index (χ0) is 17.8. The van der Waals surface area contributed by atoms with Crippen molar-refractivity contribution in [3.05, 3.63) is 93.2 Å². The van der Waals surface area contributed by atoms with Gasteiger partial charge in [0.25, 0.3) is 5.91 Å². The molecule has 1 aromatic heterocycles. The molecular weight excluding hydrogens is 344 g/mol. The van der Waals surface area contributed by atoms with Crippen LogP contribution < -0.4 is 5.32 Å². The van der Waals surface area contributed by atoms with Crippen molar-refractivity contribution in [2.24, 2.45) is 0 Å². The number of halogens is 2. The molecule has 3 aromatic rings. The highest BCUT2D eigenvalue weighted by atomic mass is 32.1. The van der Waals surface area contributed by atoms with Gasteiger partial charge in [-0.2, -0.15) is 0 Å². The molecule has 1 atom stereocenters. The molecule has 3 nitrogen and oxygen atoms in total. The summed E-state index contributed by atoms with van der Waals surface area (Å²) in [6.45, 7) is 0.240. The van der Waals surface area contributed by atoms with Crippen LogP contribution in [0, 0.1) is 11.6 Å². The molecule has 0 unspecified atom stereocenters. The maximum absolute atomic E-state index is 13.2. The van der Waals surface area contributed by atoms with E-state index in [0.29, 0.717) is 0 Å². The van der Waals surface area contributed by atoms with Crippen LogP contribution in [0.5, 0.6) is 0 Å². The van der Waals surface area contributed by atoms with Gasteiger partial charge in [-0.3, -0.25) is 4.79 Å². The van der Waals surface area contributed by atoms with Crippen molar-refractivity contribution in [3.63, 3.8) is 0 Å². The third-order valence-electron chi connectivity index (χ3n) is 3.67. The molecule has 0 aliphatic heterocycles. The first-order valence-electron chi connectivity index (χ1n) is 7.59. The summed E-state index contributed by atoms with van der Waals surface area (Å²) in [6, 6.07) is 15.9. The van der Waals surface area contributed by atoms with Crippen LogP contribution in [0.1, 0.15) is 31.8 Å². The standard InChI is InChI=1S/C19H15F2NO2S/c20-15-8-6-13(10-16(15)21)19(24)22-11-14-7-9-17(25-14)18(23)12-4-2-1-3-5-12/h1-10,18,23H,11H2,(H,22,24)/t18-/m1/s1. The number of carbonyl (C=O) groups is 1. The maximum atomic E-state index is 13.2. The van der Waals surface area contributed by atoms with Gasteiger partial charge in [-0.25, -0.2) is 8.78 Å². The van der Waals surface area contributed by atoms with Gasteiger partial charge < -0.3 is 10.4 Å². The number of hydrogen-bond acceptors (Lipinski definition) is 3. The largest absolute Gasteiger partial charge is 0.383 e. The SMILES string of the molecule is O=C(NCc1ccc([C@H](O)c2ccccc2)s1)c1ccc(F)c(F)c1. The van der Waals surface area contributed by atoms with Gasteiger partial charge in [0.15, 0.2) is 11.6 Å². The Kier molecular flexibility index (Phi) is 5.21. The van der Waals surface area contributed by atoms with Gasteiger partial charge in [0, 0.05) is 15.3 Å². The fourth-order valence-electron chi connectivity index (χ4n) is 2.34. The van der Waals surface area contributed by atoms with Gasteiger partial charge in [-0.05, 0) is 35.9 Å². The van der Waals surface area contributed by atoms with Crippen LogP contribution in [0.15, 0.2) is 60.7 Å². The number of aliphatic hydroxyl groups excluding tert-OH is 1. The summed E-state index contributed by atoms with van der Waals surface area (Å²) >= 11 is 1.38. The second kappa shape index (κ2) is 7.55. The first-order valence-corrected chi connectivity index (χ1v) is 8.41. The van der Waals surface area contributed by atoms with E-state index in [1.807, 2.05) is 36.4 Å². The summed E-state index contributed by atoms with van der Waals surface area (Å²) in [5.74, 6) is -2.54. The van der Waals surface area contributed by atoms with Crippen LogP contribution in [0.25, 0.3) is 0 Å². The Morgan fingerprint density at radius 3 is 2.52 bits per heavy atom. The van der Waals surface area contributed by atoms with Gasteiger partial charge in [0.2, 0.25) is 0 Å². The molecule has 0 saturated carbocycles. The molecule has 2 N–H and O–H groups in total. The highest BCUT2D eigenvalue weighted by Crippen LogP contribution is 2.28. The zero-order valence-electron chi connectivity index (χ0n) is 13.1. The Hall–Kier alpha value is -2.57. The predicted molar refractivity (Wildman–Crippen MR) is 92.4 cm³/mol.